The van der Waals surface area contributed by atoms with Gasteiger partial charge in [0, 0.05) is 18.7 Å². The monoisotopic (exact) mass is 240 g/mol. The summed E-state index contributed by atoms with van der Waals surface area (Å²) < 4.78 is 4.91. The van der Waals surface area contributed by atoms with E-state index in [-0.39, 0.29) is 18.0 Å². The van der Waals surface area contributed by atoms with Gasteiger partial charge in [-0.1, -0.05) is 5.16 Å². The first-order chi connectivity index (χ1) is 7.84. The molecule has 1 rings (SSSR count). The quantitative estimate of drug-likeness (QED) is 0.855. The summed E-state index contributed by atoms with van der Waals surface area (Å²) >= 11 is 0. The molecule has 1 aromatic heterocycles. The number of carboxylic acids is 1. The van der Waals surface area contributed by atoms with Crippen LogP contribution in [0.2, 0.25) is 0 Å². The highest BCUT2D eigenvalue weighted by Crippen LogP contribution is 2.15. The van der Waals surface area contributed by atoms with Gasteiger partial charge in [0.1, 0.15) is 5.76 Å². The molecule has 1 heterocycles. The van der Waals surface area contributed by atoms with Crippen LogP contribution >= 0.6 is 0 Å². The van der Waals surface area contributed by atoms with Crippen molar-refractivity contribution in [2.75, 3.05) is 7.05 Å². The number of aromatic nitrogens is 1. The molecule has 1 atom stereocenters. The molecule has 0 saturated heterocycles. The van der Waals surface area contributed by atoms with Gasteiger partial charge in [-0.15, -0.1) is 0 Å². The number of rotatable bonds is 4. The van der Waals surface area contributed by atoms with E-state index in [2.05, 4.69) is 5.16 Å². The van der Waals surface area contributed by atoms with Gasteiger partial charge in [0.25, 0.3) is 5.91 Å². The summed E-state index contributed by atoms with van der Waals surface area (Å²) in [5.74, 6) is -0.675. The standard InChI is InChI=1S/C11H16N2O4/c1-6(5-9(14)15)13(4)11(16)10-7(2)8(3)17-12-10/h6H,5H2,1-4H3,(H,14,15). The molecule has 0 fully saturated rings. The highest BCUT2D eigenvalue weighted by molar-refractivity contribution is 5.94. The lowest BCUT2D eigenvalue weighted by atomic mass is 10.1. The Hall–Kier alpha value is -1.85. The Morgan fingerprint density at radius 2 is 2.06 bits per heavy atom. The lowest BCUT2D eigenvalue weighted by Crippen LogP contribution is -2.37. The zero-order valence-corrected chi connectivity index (χ0v) is 10.4. The van der Waals surface area contributed by atoms with Gasteiger partial charge in [-0.3, -0.25) is 9.59 Å². The van der Waals surface area contributed by atoms with Crippen LogP contribution in [0.15, 0.2) is 4.52 Å². The number of hydrogen-bond acceptors (Lipinski definition) is 4. The first-order valence-electron chi connectivity index (χ1n) is 5.26. The van der Waals surface area contributed by atoms with E-state index in [1.54, 1.807) is 27.8 Å². The van der Waals surface area contributed by atoms with E-state index in [0.717, 1.165) is 0 Å². The Morgan fingerprint density at radius 1 is 1.47 bits per heavy atom. The van der Waals surface area contributed by atoms with Gasteiger partial charge in [0.2, 0.25) is 0 Å². The highest BCUT2D eigenvalue weighted by Gasteiger charge is 2.24. The normalized spacial score (nSPS) is 12.2. The van der Waals surface area contributed by atoms with Crippen molar-refractivity contribution in [3.8, 4) is 0 Å². The molecule has 0 radical (unpaired) electrons. The van der Waals surface area contributed by atoms with Gasteiger partial charge in [-0.2, -0.15) is 0 Å². The van der Waals surface area contributed by atoms with E-state index in [0.29, 0.717) is 11.3 Å². The van der Waals surface area contributed by atoms with Crippen molar-refractivity contribution in [1.82, 2.24) is 10.1 Å². The molecule has 0 bridgehead atoms. The summed E-state index contributed by atoms with van der Waals surface area (Å²) in [5.41, 5.74) is 0.923. The van der Waals surface area contributed by atoms with E-state index in [4.69, 9.17) is 9.63 Å². The van der Waals surface area contributed by atoms with Gasteiger partial charge in [-0.05, 0) is 20.8 Å². The molecule has 0 aliphatic rings. The fraction of sp³-hybridized carbons (Fsp3) is 0.545. The molecule has 0 aliphatic carbocycles. The summed E-state index contributed by atoms with van der Waals surface area (Å²) in [5, 5.41) is 12.4. The molecule has 94 valence electrons. The first kappa shape index (κ1) is 13.2. The predicted molar refractivity (Wildman–Crippen MR) is 59.8 cm³/mol. The van der Waals surface area contributed by atoms with Crippen molar-refractivity contribution < 1.29 is 19.2 Å². The maximum Gasteiger partial charge on any atom is 0.305 e. The van der Waals surface area contributed by atoms with E-state index < -0.39 is 12.0 Å². The number of nitrogens with zero attached hydrogens (tertiary/aromatic N) is 2. The van der Waals surface area contributed by atoms with Crippen molar-refractivity contribution in [2.45, 2.75) is 33.2 Å². The number of carbonyl (C=O) groups is 2. The second-order valence-electron chi connectivity index (χ2n) is 4.08. The second-order valence-corrected chi connectivity index (χ2v) is 4.08. The smallest absolute Gasteiger partial charge is 0.305 e. The van der Waals surface area contributed by atoms with Crippen LogP contribution in [-0.2, 0) is 4.79 Å². The minimum absolute atomic E-state index is 0.0991. The zero-order valence-electron chi connectivity index (χ0n) is 10.4. The van der Waals surface area contributed by atoms with Crippen LogP contribution in [0.25, 0.3) is 0 Å². The third-order valence-electron chi connectivity index (χ3n) is 2.81. The van der Waals surface area contributed by atoms with Crippen LogP contribution in [0.1, 0.15) is 35.2 Å². The van der Waals surface area contributed by atoms with E-state index in [1.807, 2.05) is 0 Å². The fourth-order valence-corrected chi connectivity index (χ4v) is 1.37. The molecule has 17 heavy (non-hydrogen) atoms. The van der Waals surface area contributed by atoms with E-state index in [9.17, 15) is 9.59 Å². The minimum Gasteiger partial charge on any atom is -0.481 e. The van der Waals surface area contributed by atoms with Gasteiger partial charge in [-0.25, -0.2) is 0 Å². The molecule has 0 aromatic carbocycles. The maximum atomic E-state index is 12.0. The van der Waals surface area contributed by atoms with Gasteiger partial charge in [0.05, 0.1) is 6.42 Å². The number of hydrogen-bond donors (Lipinski definition) is 1. The highest BCUT2D eigenvalue weighted by atomic mass is 16.5. The summed E-state index contributed by atoms with van der Waals surface area (Å²) in [6.07, 6.45) is -0.0991. The molecular weight excluding hydrogens is 224 g/mol. The van der Waals surface area contributed by atoms with Crippen LogP contribution in [-0.4, -0.2) is 40.1 Å². The van der Waals surface area contributed by atoms with Crippen molar-refractivity contribution in [2.24, 2.45) is 0 Å². The molecule has 6 heteroatoms. The summed E-state index contributed by atoms with van der Waals surface area (Å²) in [6, 6.07) is -0.392. The molecule has 1 unspecified atom stereocenters. The number of aliphatic carboxylic acids is 1. The molecule has 6 nitrogen and oxygen atoms in total. The summed E-state index contributed by atoms with van der Waals surface area (Å²) in [6.45, 7) is 5.14. The minimum atomic E-state index is -0.940. The van der Waals surface area contributed by atoms with Crippen LogP contribution in [0.3, 0.4) is 0 Å². The van der Waals surface area contributed by atoms with Crippen LogP contribution in [0.4, 0.5) is 0 Å². The van der Waals surface area contributed by atoms with Gasteiger partial charge < -0.3 is 14.5 Å². The molecule has 1 N–H and O–H groups in total. The Labute approximate surface area is 99.2 Å². The number of aryl methyl sites for hydroxylation is 1. The van der Waals surface area contributed by atoms with Crippen molar-refractivity contribution in [3.63, 3.8) is 0 Å². The topological polar surface area (TPSA) is 83.6 Å². The third-order valence-corrected chi connectivity index (χ3v) is 2.81. The maximum absolute atomic E-state index is 12.0. The third kappa shape index (κ3) is 2.83. The zero-order chi connectivity index (χ0) is 13.2. The SMILES string of the molecule is Cc1onc(C(=O)N(C)C(C)CC(=O)O)c1C. The van der Waals surface area contributed by atoms with Crippen LogP contribution < -0.4 is 0 Å². The number of carbonyl (C=O) groups excluding carboxylic acids is 1. The lowest BCUT2D eigenvalue weighted by Gasteiger charge is -2.22. The fourth-order valence-electron chi connectivity index (χ4n) is 1.37. The Balaban J connectivity index is 2.83. The van der Waals surface area contributed by atoms with Gasteiger partial charge >= 0.3 is 5.97 Å². The van der Waals surface area contributed by atoms with Crippen LogP contribution in [0.5, 0.6) is 0 Å². The largest absolute Gasteiger partial charge is 0.481 e. The molecule has 0 aliphatic heterocycles. The van der Waals surface area contributed by atoms with Crippen molar-refractivity contribution >= 4 is 11.9 Å². The predicted octanol–water partition coefficient (Wildman–Crippen LogP) is 1.23. The lowest BCUT2D eigenvalue weighted by molar-refractivity contribution is -0.137. The molecule has 1 amide bonds. The molecular formula is C11H16N2O4. The number of amides is 1. The first-order valence-corrected chi connectivity index (χ1v) is 5.26. The van der Waals surface area contributed by atoms with E-state index >= 15 is 0 Å². The summed E-state index contributed by atoms with van der Waals surface area (Å²) in [4.78, 5) is 23.9. The molecule has 0 saturated carbocycles. The van der Waals surface area contributed by atoms with Crippen LogP contribution in [0, 0.1) is 13.8 Å². The average Bonchev–Trinajstić information content (AvgIpc) is 2.57. The molecule has 1 aromatic rings. The Bertz CT molecular complexity index is 439. The second kappa shape index (κ2) is 4.99. The molecule has 0 spiro atoms. The average molecular weight is 240 g/mol. The Kier molecular flexibility index (Phi) is 3.88. The Morgan fingerprint density at radius 3 is 2.47 bits per heavy atom. The van der Waals surface area contributed by atoms with Crippen molar-refractivity contribution in [1.29, 1.82) is 0 Å². The van der Waals surface area contributed by atoms with Crippen molar-refractivity contribution in [3.05, 3.63) is 17.0 Å². The number of carboxylic acid groups (broad SMARTS) is 1. The van der Waals surface area contributed by atoms with E-state index in [1.165, 1.54) is 4.90 Å². The summed E-state index contributed by atoms with van der Waals surface area (Å²) in [7, 11) is 1.55. The van der Waals surface area contributed by atoms with Gasteiger partial charge in [0.15, 0.2) is 5.69 Å².